The van der Waals surface area contributed by atoms with Gasteiger partial charge in [-0.3, -0.25) is 0 Å². The Morgan fingerprint density at radius 3 is 2.71 bits per heavy atom. The molecule has 0 aromatic heterocycles. The van der Waals surface area contributed by atoms with E-state index in [0.29, 0.717) is 5.39 Å². The third kappa shape index (κ3) is 1.22. The fourth-order valence-electron chi connectivity index (χ4n) is 1.38. The monoisotopic (exact) mass is 207 g/mol. The molecule has 0 heterocycles. The Labute approximate surface area is 84.9 Å². The van der Waals surface area contributed by atoms with Crippen LogP contribution < -0.4 is 0 Å². The van der Waals surface area contributed by atoms with E-state index in [1.54, 1.807) is 24.3 Å². The molecule has 2 aromatic carbocycles. The van der Waals surface area contributed by atoms with Gasteiger partial charge in [0, 0.05) is 5.39 Å². The van der Waals surface area contributed by atoms with Crippen LogP contribution in [0.2, 0.25) is 5.02 Å². The van der Waals surface area contributed by atoms with E-state index in [0.717, 1.165) is 5.39 Å². The second-order valence-electron chi connectivity index (χ2n) is 2.87. The van der Waals surface area contributed by atoms with Crippen molar-refractivity contribution >= 4 is 28.1 Å². The molecule has 14 heavy (non-hydrogen) atoms. The zero-order valence-electron chi connectivity index (χ0n) is 7.07. The minimum absolute atomic E-state index is 0.00639. The summed E-state index contributed by atoms with van der Waals surface area (Å²) in [6, 6.07) is 8.70. The second-order valence-corrected chi connectivity index (χ2v) is 3.28. The van der Waals surface area contributed by atoms with Gasteiger partial charge in [0.2, 0.25) is 0 Å². The first-order valence-electron chi connectivity index (χ1n) is 3.97. The summed E-state index contributed by atoms with van der Waals surface area (Å²) >= 11 is 5.72. The number of phenolic OH excluding ortho intramolecular Hbond substituents is 1. The highest BCUT2D eigenvalue weighted by atomic mass is 35.5. The summed E-state index contributed by atoms with van der Waals surface area (Å²) in [5.41, 5.74) is -0.00639. The zero-order valence-corrected chi connectivity index (χ0v) is 7.82. The van der Waals surface area contributed by atoms with Gasteiger partial charge >= 0.3 is 0 Å². The number of nitroso groups, excluding NO2 is 1. The fraction of sp³-hybridized carbons (Fsp3) is 0. The molecule has 0 aliphatic heterocycles. The van der Waals surface area contributed by atoms with Crippen LogP contribution >= 0.6 is 11.6 Å². The predicted octanol–water partition coefficient (Wildman–Crippen LogP) is 3.60. The number of fused-ring (bicyclic) bond motifs is 1. The number of hydrogen-bond acceptors (Lipinski definition) is 3. The van der Waals surface area contributed by atoms with E-state index in [4.69, 9.17) is 11.6 Å². The molecule has 2 aromatic rings. The molecule has 0 unspecified atom stereocenters. The molecule has 0 atom stereocenters. The second kappa shape index (κ2) is 3.27. The number of benzene rings is 2. The lowest BCUT2D eigenvalue weighted by Gasteiger charge is -2.03. The van der Waals surface area contributed by atoms with E-state index in [9.17, 15) is 10.0 Å². The van der Waals surface area contributed by atoms with E-state index < -0.39 is 0 Å². The molecule has 1 N–H and O–H groups in total. The summed E-state index contributed by atoms with van der Waals surface area (Å²) in [6.45, 7) is 0. The molecule has 0 saturated carbocycles. The fourth-order valence-corrected chi connectivity index (χ4v) is 1.58. The molecule has 0 radical (unpaired) electrons. The van der Waals surface area contributed by atoms with Crippen LogP contribution in [0.15, 0.2) is 35.5 Å². The van der Waals surface area contributed by atoms with E-state index in [1.165, 1.54) is 0 Å². The number of aromatic hydroxyl groups is 1. The Morgan fingerprint density at radius 2 is 2.00 bits per heavy atom. The molecule has 0 aliphatic rings. The molecular formula is C10H6ClNO2. The van der Waals surface area contributed by atoms with Crippen molar-refractivity contribution in [3.05, 3.63) is 40.3 Å². The van der Waals surface area contributed by atoms with Crippen LogP contribution in [-0.4, -0.2) is 5.11 Å². The van der Waals surface area contributed by atoms with Crippen LogP contribution in [0, 0.1) is 4.91 Å². The van der Waals surface area contributed by atoms with E-state index in [-0.39, 0.29) is 16.5 Å². The first kappa shape index (κ1) is 8.97. The minimum atomic E-state index is -0.264. The lowest BCUT2D eigenvalue weighted by Crippen LogP contribution is -1.76. The number of rotatable bonds is 1. The number of phenols is 1. The maximum Gasteiger partial charge on any atom is 0.164 e. The summed E-state index contributed by atoms with van der Waals surface area (Å²) in [7, 11) is 0. The van der Waals surface area contributed by atoms with Crippen LogP contribution in [0.4, 0.5) is 5.69 Å². The maximum absolute atomic E-state index is 10.5. The molecule has 0 bridgehead atoms. The smallest absolute Gasteiger partial charge is 0.164 e. The van der Waals surface area contributed by atoms with Gasteiger partial charge in [0.15, 0.2) is 11.4 Å². The van der Waals surface area contributed by atoms with Crippen LogP contribution in [0.5, 0.6) is 5.75 Å². The Morgan fingerprint density at radius 1 is 1.29 bits per heavy atom. The van der Waals surface area contributed by atoms with Crippen LogP contribution in [0.1, 0.15) is 0 Å². The van der Waals surface area contributed by atoms with Crippen molar-refractivity contribution in [1.82, 2.24) is 0 Å². The highest BCUT2D eigenvalue weighted by molar-refractivity contribution is 6.33. The lowest BCUT2D eigenvalue weighted by molar-refractivity contribution is 0.478. The minimum Gasteiger partial charge on any atom is -0.504 e. The van der Waals surface area contributed by atoms with Gasteiger partial charge < -0.3 is 5.11 Å². The van der Waals surface area contributed by atoms with Crippen molar-refractivity contribution in [2.24, 2.45) is 5.18 Å². The predicted molar refractivity (Wildman–Crippen MR) is 56.1 cm³/mol. The van der Waals surface area contributed by atoms with Crippen molar-refractivity contribution < 1.29 is 5.11 Å². The van der Waals surface area contributed by atoms with E-state index in [2.05, 4.69) is 5.18 Å². The van der Waals surface area contributed by atoms with Crippen molar-refractivity contribution in [2.45, 2.75) is 0 Å². The van der Waals surface area contributed by atoms with Gasteiger partial charge in [0.05, 0.1) is 5.02 Å². The Hall–Kier alpha value is -1.61. The van der Waals surface area contributed by atoms with Crippen molar-refractivity contribution in [2.75, 3.05) is 0 Å². The molecule has 4 heteroatoms. The molecule has 70 valence electrons. The Balaban J connectivity index is 2.96. The Bertz CT molecular complexity index is 511. The standard InChI is InChI=1S/C10H6ClNO2/c11-8-5-6-3-1-2-4-7(6)9(12-14)10(8)13/h1-5,13H. The number of hydrogen-bond donors (Lipinski definition) is 1. The van der Waals surface area contributed by atoms with E-state index >= 15 is 0 Å². The third-order valence-electron chi connectivity index (χ3n) is 2.04. The SMILES string of the molecule is O=Nc1c(O)c(Cl)cc2ccccc12. The van der Waals surface area contributed by atoms with Crippen molar-refractivity contribution in [1.29, 1.82) is 0 Å². The van der Waals surface area contributed by atoms with Crippen molar-refractivity contribution in [3.8, 4) is 5.75 Å². The summed E-state index contributed by atoms with van der Waals surface area (Å²) in [5.74, 6) is -0.264. The highest BCUT2D eigenvalue weighted by Crippen LogP contribution is 2.40. The van der Waals surface area contributed by atoms with Gasteiger partial charge in [-0.1, -0.05) is 35.9 Å². The van der Waals surface area contributed by atoms with Gasteiger partial charge in [-0.15, -0.1) is 4.91 Å². The number of nitrogens with zero attached hydrogens (tertiary/aromatic N) is 1. The topological polar surface area (TPSA) is 49.7 Å². The average molecular weight is 208 g/mol. The first-order valence-corrected chi connectivity index (χ1v) is 4.35. The molecular weight excluding hydrogens is 202 g/mol. The summed E-state index contributed by atoms with van der Waals surface area (Å²) in [4.78, 5) is 10.5. The average Bonchev–Trinajstić information content (AvgIpc) is 2.20. The first-order chi connectivity index (χ1) is 6.74. The molecule has 2 rings (SSSR count). The quantitative estimate of drug-likeness (QED) is 0.727. The van der Waals surface area contributed by atoms with Gasteiger partial charge in [0.25, 0.3) is 0 Å². The lowest BCUT2D eigenvalue weighted by atomic mass is 10.1. The molecule has 0 fully saturated rings. The molecule has 0 aliphatic carbocycles. The van der Waals surface area contributed by atoms with Gasteiger partial charge in [-0.25, -0.2) is 0 Å². The largest absolute Gasteiger partial charge is 0.504 e. The third-order valence-corrected chi connectivity index (χ3v) is 2.33. The summed E-state index contributed by atoms with van der Waals surface area (Å²) in [6.07, 6.45) is 0. The normalized spacial score (nSPS) is 10.4. The van der Waals surface area contributed by atoms with Crippen LogP contribution in [0.25, 0.3) is 10.8 Å². The maximum atomic E-state index is 10.5. The number of halogens is 1. The van der Waals surface area contributed by atoms with Crippen LogP contribution in [0.3, 0.4) is 0 Å². The van der Waals surface area contributed by atoms with Gasteiger partial charge in [-0.05, 0) is 16.6 Å². The van der Waals surface area contributed by atoms with Gasteiger partial charge in [0.1, 0.15) is 0 Å². The molecule has 0 spiro atoms. The summed E-state index contributed by atoms with van der Waals surface area (Å²) in [5, 5.41) is 13.8. The molecule has 3 nitrogen and oxygen atoms in total. The summed E-state index contributed by atoms with van der Waals surface area (Å²) < 4.78 is 0. The van der Waals surface area contributed by atoms with Crippen LogP contribution in [-0.2, 0) is 0 Å². The molecule has 0 amide bonds. The Kier molecular flexibility index (Phi) is 2.09. The van der Waals surface area contributed by atoms with E-state index in [1.807, 2.05) is 6.07 Å². The van der Waals surface area contributed by atoms with Gasteiger partial charge in [-0.2, -0.15) is 0 Å². The highest BCUT2D eigenvalue weighted by Gasteiger charge is 2.11. The molecule has 0 saturated heterocycles. The zero-order chi connectivity index (χ0) is 10.1. The van der Waals surface area contributed by atoms with Crippen molar-refractivity contribution in [3.63, 3.8) is 0 Å².